The van der Waals surface area contributed by atoms with Crippen molar-refractivity contribution in [2.75, 3.05) is 6.54 Å². The summed E-state index contributed by atoms with van der Waals surface area (Å²) >= 11 is 0. The normalized spacial score (nSPS) is 39.5. The lowest BCUT2D eigenvalue weighted by Crippen LogP contribution is -2.40. The third-order valence-electron chi connectivity index (χ3n) is 3.09. The maximum atomic E-state index is 5.95. The Balaban J connectivity index is 2.43. The second-order valence-electron chi connectivity index (χ2n) is 4.58. The first-order valence-electron chi connectivity index (χ1n) is 5.09. The number of hydrogen-bond acceptors (Lipinski definition) is 2. The van der Waals surface area contributed by atoms with Crippen molar-refractivity contribution in [1.82, 2.24) is 0 Å². The van der Waals surface area contributed by atoms with E-state index >= 15 is 0 Å². The minimum atomic E-state index is 0.232. The van der Waals surface area contributed by atoms with Gasteiger partial charge in [0.1, 0.15) is 0 Å². The van der Waals surface area contributed by atoms with Crippen LogP contribution in [0.1, 0.15) is 33.1 Å². The van der Waals surface area contributed by atoms with Crippen molar-refractivity contribution in [2.45, 2.75) is 39.2 Å². The number of rotatable bonds is 2. The molecule has 0 aromatic carbocycles. The molecule has 0 radical (unpaired) electrons. The van der Waals surface area contributed by atoms with Crippen LogP contribution >= 0.6 is 0 Å². The standard InChI is InChI=1S/C10H22N2/c1-7-3-8(2)5-9(4-7)10(12)6-11/h7-10H,3-6,11-12H2,1-2H3. The molecule has 1 fully saturated rings. The molecule has 1 aliphatic rings. The van der Waals surface area contributed by atoms with E-state index in [0.717, 1.165) is 11.8 Å². The Bertz CT molecular complexity index is 126. The SMILES string of the molecule is CC1CC(C)CC(C(N)CN)C1. The van der Waals surface area contributed by atoms with E-state index in [0.29, 0.717) is 12.5 Å². The van der Waals surface area contributed by atoms with Crippen LogP contribution in [-0.2, 0) is 0 Å². The van der Waals surface area contributed by atoms with E-state index in [1.165, 1.54) is 19.3 Å². The van der Waals surface area contributed by atoms with Crippen molar-refractivity contribution in [3.05, 3.63) is 0 Å². The molecule has 0 heterocycles. The van der Waals surface area contributed by atoms with Crippen molar-refractivity contribution in [2.24, 2.45) is 29.2 Å². The second kappa shape index (κ2) is 4.24. The van der Waals surface area contributed by atoms with Crippen molar-refractivity contribution in [3.63, 3.8) is 0 Å². The summed E-state index contributed by atoms with van der Waals surface area (Å²) in [5, 5.41) is 0. The van der Waals surface area contributed by atoms with E-state index in [1.807, 2.05) is 0 Å². The van der Waals surface area contributed by atoms with Gasteiger partial charge < -0.3 is 11.5 Å². The summed E-state index contributed by atoms with van der Waals surface area (Å²) in [4.78, 5) is 0. The molecule has 2 heteroatoms. The van der Waals surface area contributed by atoms with Gasteiger partial charge in [-0.2, -0.15) is 0 Å². The molecule has 3 atom stereocenters. The zero-order valence-corrected chi connectivity index (χ0v) is 8.29. The van der Waals surface area contributed by atoms with Crippen LogP contribution in [0.15, 0.2) is 0 Å². The summed E-state index contributed by atoms with van der Waals surface area (Å²) in [6.07, 6.45) is 3.93. The van der Waals surface area contributed by atoms with Crippen LogP contribution in [0.25, 0.3) is 0 Å². The fraction of sp³-hybridized carbons (Fsp3) is 1.00. The number of hydrogen-bond donors (Lipinski definition) is 2. The van der Waals surface area contributed by atoms with E-state index in [4.69, 9.17) is 11.5 Å². The predicted molar refractivity (Wildman–Crippen MR) is 52.7 cm³/mol. The molecule has 0 spiro atoms. The third kappa shape index (κ3) is 2.46. The van der Waals surface area contributed by atoms with Crippen LogP contribution < -0.4 is 11.5 Å². The third-order valence-corrected chi connectivity index (χ3v) is 3.09. The molecule has 72 valence electrons. The van der Waals surface area contributed by atoms with Crippen LogP contribution in [0.4, 0.5) is 0 Å². The summed E-state index contributed by atoms with van der Waals surface area (Å²) in [5.41, 5.74) is 11.5. The maximum absolute atomic E-state index is 5.95. The summed E-state index contributed by atoms with van der Waals surface area (Å²) in [6.45, 7) is 5.29. The first kappa shape index (κ1) is 10.0. The van der Waals surface area contributed by atoms with Crippen molar-refractivity contribution in [3.8, 4) is 0 Å². The van der Waals surface area contributed by atoms with Gasteiger partial charge in [-0.1, -0.05) is 13.8 Å². The molecular formula is C10H22N2. The van der Waals surface area contributed by atoms with Gasteiger partial charge in [-0.05, 0) is 37.0 Å². The Morgan fingerprint density at radius 2 is 1.67 bits per heavy atom. The van der Waals surface area contributed by atoms with E-state index < -0.39 is 0 Å². The highest BCUT2D eigenvalue weighted by molar-refractivity contribution is 4.82. The average Bonchev–Trinajstić information content (AvgIpc) is 2.01. The van der Waals surface area contributed by atoms with Gasteiger partial charge in [0.25, 0.3) is 0 Å². The van der Waals surface area contributed by atoms with Crippen LogP contribution in [0, 0.1) is 17.8 Å². The minimum absolute atomic E-state index is 0.232. The van der Waals surface area contributed by atoms with Crippen molar-refractivity contribution in [1.29, 1.82) is 0 Å². The summed E-state index contributed by atoms with van der Waals surface area (Å²) in [5.74, 6) is 2.36. The van der Waals surface area contributed by atoms with E-state index in [1.54, 1.807) is 0 Å². The quantitative estimate of drug-likeness (QED) is 0.657. The Morgan fingerprint density at radius 1 is 1.17 bits per heavy atom. The molecule has 0 aromatic rings. The van der Waals surface area contributed by atoms with Gasteiger partial charge in [0.05, 0.1) is 0 Å². The van der Waals surface area contributed by atoms with E-state index in [2.05, 4.69) is 13.8 Å². The highest BCUT2D eigenvalue weighted by Gasteiger charge is 2.27. The largest absolute Gasteiger partial charge is 0.329 e. The highest BCUT2D eigenvalue weighted by atomic mass is 14.7. The Kier molecular flexibility index (Phi) is 3.53. The molecule has 1 rings (SSSR count). The van der Waals surface area contributed by atoms with E-state index in [-0.39, 0.29) is 6.04 Å². The van der Waals surface area contributed by atoms with Crippen LogP contribution in [-0.4, -0.2) is 12.6 Å². The molecule has 4 N–H and O–H groups in total. The molecule has 0 aliphatic heterocycles. The lowest BCUT2D eigenvalue weighted by Gasteiger charge is -2.34. The first-order valence-corrected chi connectivity index (χ1v) is 5.09. The Morgan fingerprint density at radius 3 is 2.08 bits per heavy atom. The fourth-order valence-corrected chi connectivity index (χ4v) is 2.55. The van der Waals surface area contributed by atoms with Gasteiger partial charge in [0.2, 0.25) is 0 Å². The maximum Gasteiger partial charge on any atom is 0.0191 e. The van der Waals surface area contributed by atoms with Crippen molar-refractivity contribution >= 4 is 0 Å². The summed E-state index contributed by atoms with van der Waals surface area (Å²) in [7, 11) is 0. The molecule has 1 aliphatic carbocycles. The molecule has 0 bridgehead atoms. The molecule has 0 amide bonds. The highest BCUT2D eigenvalue weighted by Crippen LogP contribution is 2.33. The lowest BCUT2D eigenvalue weighted by molar-refractivity contribution is 0.195. The molecule has 0 saturated heterocycles. The summed E-state index contributed by atoms with van der Waals surface area (Å²) in [6, 6.07) is 0.232. The van der Waals surface area contributed by atoms with Gasteiger partial charge in [-0.3, -0.25) is 0 Å². The monoisotopic (exact) mass is 170 g/mol. The Hall–Kier alpha value is -0.0800. The first-order chi connectivity index (χ1) is 5.63. The Labute approximate surface area is 75.7 Å². The second-order valence-corrected chi connectivity index (χ2v) is 4.58. The van der Waals surface area contributed by atoms with Gasteiger partial charge >= 0.3 is 0 Å². The fourth-order valence-electron chi connectivity index (χ4n) is 2.55. The lowest BCUT2D eigenvalue weighted by atomic mass is 9.74. The zero-order valence-electron chi connectivity index (χ0n) is 8.29. The zero-order chi connectivity index (χ0) is 9.14. The van der Waals surface area contributed by atoms with Crippen molar-refractivity contribution < 1.29 is 0 Å². The van der Waals surface area contributed by atoms with Crippen LogP contribution in [0.5, 0.6) is 0 Å². The van der Waals surface area contributed by atoms with Gasteiger partial charge in [-0.15, -0.1) is 0 Å². The molecule has 1 saturated carbocycles. The smallest absolute Gasteiger partial charge is 0.0191 e. The van der Waals surface area contributed by atoms with Crippen LogP contribution in [0.2, 0.25) is 0 Å². The molecule has 2 nitrogen and oxygen atoms in total. The molecule has 0 aromatic heterocycles. The molecule has 12 heavy (non-hydrogen) atoms. The topological polar surface area (TPSA) is 52.0 Å². The summed E-state index contributed by atoms with van der Waals surface area (Å²) < 4.78 is 0. The molecular weight excluding hydrogens is 148 g/mol. The number of nitrogens with two attached hydrogens (primary N) is 2. The van der Waals surface area contributed by atoms with Gasteiger partial charge in [-0.25, -0.2) is 0 Å². The molecule has 3 unspecified atom stereocenters. The average molecular weight is 170 g/mol. The van der Waals surface area contributed by atoms with Gasteiger partial charge in [0, 0.05) is 12.6 Å². The van der Waals surface area contributed by atoms with Gasteiger partial charge in [0.15, 0.2) is 0 Å². The predicted octanol–water partition coefficient (Wildman–Crippen LogP) is 1.34. The van der Waals surface area contributed by atoms with E-state index in [9.17, 15) is 0 Å². The minimum Gasteiger partial charge on any atom is -0.329 e. The van der Waals surface area contributed by atoms with Crippen LogP contribution in [0.3, 0.4) is 0 Å².